The van der Waals surface area contributed by atoms with Gasteiger partial charge in [-0.1, -0.05) is 17.4 Å². The van der Waals surface area contributed by atoms with Crippen LogP contribution in [-0.2, 0) is 0 Å². The quantitative estimate of drug-likeness (QED) is 0.583. The van der Waals surface area contributed by atoms with Crippen LogP contribution in [0.25, 0.3) is 10.2 Å². The van der Waals surface area contributed by atoms with E-state index in [0.29, 0.717) is 28.7 Å². The summed E-state index contributed by atoms with van der Waals surface area (Å²) in [6, 6.07) is 9.40. The van der Waals surface area contributed by atoms with E-state index in [9.17, 15) is 4.79 Å². The van der Waals surface area contributed by atoms with E-state index in [1.165, 1.54) is 5.56 Å². The Hall–Kier alpha value is -2.64. The largest absolute Gasteiger partial charge is 0.493 e. The first-order valence-electron chi connectivity index (χ1n) is 9.41. The fourth-order valence-electron chi connectivity index (χ4n) is 3.04. The highest BCUT2D eigenvalue weighted by atomic mass is 32.1. The summed E-state index contributed by atoms with van der Waals surface area (Å²) in [6.07, 6.45) is 0. The third-order valence-electron chi connectivity index (χ3n) is 4.95. The summed E-state index contributed by atoms with van der Waals surface area (Å²) in [7, 11) is 7.12. The Balaban J connectivity index is 2.03. The van der Waals surface area contributed by atoms with Crippen molar-refractivity contribution in [2.75, 3.05) is 46.3 Å². The molecule has 3 rings (SSSR count). The first kappa shape index (κ1) is 21.1. The van der Waals surface area contributed by atoms with Crippen molar-refractivity contribution in [3.05, 3.63) is 47.0 Å². The number of nitrogens with zero attached hydrogens (tertiary/aromatic N) is 3. The van der Waals surface area contributed by atoms with Crippen LogP contribution in [0.2, 0.25) is 0 Å². The maximum Gasteiger partial charge on any atom is 0.260 e. The fourth-order valence-corrected chi connectivity index (χ4v) is 4.09. The second kappa shape index (κ2) is 8.80. The summed E-state index contributed by atoms with van der Waals surface area (Å²) in [5, 5.41) is 0.704. The van der Waals surface area contributed by atoms with Crippen LogP contribution in [0.4, 0.5) is 5.13 Å². The molecule has 0 aliphatic carbocycles. The SMILES string of the molecule is COc1ccc(C(=O)N(CCN(C)C)c2nc3c(C)c(C)ccc3s2)cc1OC. The molecule has 0 aliphatic rings. The van der Waals surface area contributed by atoms with Crippen LogP contribution in [0.3, 0.4) is 0 Å². The molecule has 6 nitrogen and oxygen atoms in total. The number of carbonyl (C=O) groups excluding carboxylic acids is 1. The van der Waals surface area contributed by atoms with E-state index < -0.39 is 0 Å². The molecule has 1 amide bonds. The monoisotopic (exact) mass is 413 g/mol. The normalized spacial score (nSPS) is 11.1. The Labute approximate surface area is 175 Å². The van der Waals surface area contributed by atoms with Crippen molar-refractivity contribution >= 4 is 32.6 Å². The highest BCUT2D eigenvalue weighted by Gasteiger charge is 2.23. The molecule has 0 fully saturated rings. The topological polar surface area (TPSA) is 54.9 Å². The Kier molecular flexibility index (Phi) is 6.39. The number of fused-ring (bicyclic) bond motifs is 1. The van der Waals surface area contributed by atoms with Crippen molar-refractivity contribution in [1.29, 1.82) is 0 Å². The average Bonchev–Trinajstić information content (AvgIpc) is 3.14. The highest BCUT2D eigenvalue weighted by molar-refractivity contribution is 7.22. The van der Waals surface area contributed by atoms with Crippen molar-refractivity contribution in [1.82, 2.24) is 9.88 Å². The summed E-state index contributed by atoms with van der Waals surface area (Å²) in [4.78, 5) is 22.1. The minimum Gasteiger partial charge on any atom is -0.493 e. The predicted molar refractivity (Wildman–Crippen MR) is 119 cm³/mol. The Bertz CT molecular complexity index is 1030. The van der Waals surface area contributed by atoms with Crippen molar-refractivity contribution in [3.63, 3.8) is 0 Å². The number of rotatable bonds is 7. The number of carbonyl (C=O) groups is 1. The fraction of sp³-hybridized carbons (Fsp3) is 0.364. The van der Waals surface area contributed by atoms with Gasteiger partial charge in [0.15, 0.2) is 16.6 Å². The van der Waals surface area contributed by atoms with Gasteiger partial charge in [0.25, 0.3) is 5.91 Å². The molecule has 2 aromatic carbocycles. The Morgan fingerprint density at radius 3 is 2.41 bits per heavy atom. The molecular formula is C22H27N3O3S. The van der Waals surface area contributed by atoms with Gasteiger partial charge in [-0.2, -0.15) is 0 Å². The lowest BCUT2D eigenvalue weighted by Crippen LogP contribution is -2.36. The number of hydrogen-bond donors (Lipinski definition) is 0. The third kappa shape index (κ3) is 4.36. The smallest absolute Gasteiger partial charge is 0.260 e. The van der Waals surface area contributed by atoms with Crippen LogP contribution in [-0.4, -0.2) is 57.2 Å². The number of aryl methyl sites for hydroxylation is 2. The number of anilines is 1. The van der Waals surface area contributed by atoms with Gasteiger partial charge in [0.05, 0.1) is 24.4 Å². The highest BCUT2D eigenvalue weighted by Crippen LogP contribution is 2.34. The number of hydrogen-bond acceptors (Lipinski definition) is 6. The zero-order valence-corrected chi connectivity index (χ0v) is 18.6. The number of amides is 1. The van der Waals surface area contributed by atoms with Gasteiger partial charge in [-0.3, -0.25) is 9.69 Å². The molecule has 154 valence electrons. The average molecular weight is 414 g/mol. The zero-order valence-electron chi connectivity index (χ0n) is 17.8. The second-order valence-corrected chi connectivity index (χ2v) is 8.19. The molecular weight excluding hydrogens is 386 g/mol. The number of methoxy groups -OCH3 is 2. The van der Waals surface area contributed by atoms with E-state index >= 15 is 0 Å². The van der Waals surface area contributed by atoms with E-state index in [1.54, 1.807) is 48.7 Å². The lowest BCUT2D eigenvalue weighted by molar-refractivity contribution is 0.0985. The number of ether oxygens (including phenoxy) is 2. The molecule has 1 heterocycles. The standard InChI is InChI=1S/C22H27N3O3S/c1-14-7-10-19-20(15(14)2)23-22(29-19)25(12-11-24(3)4)21(26)16-8-9-17(27-5)18(13-16)28-6/h7-10,13H,11-12H2,1-6H3. The summed E-state index contributed by atoms with van der Waals surface area (Å²) < 4.78 is 11.7. The van der Waals surface area contributed by atoms with Gasteiger partial charge in [0.2, 0.25) is 0 Å². The molecule has 0 saturated heterocycles. The Morgan fingerprint density at radius 2 is 1.76 bits per heavy atom. The van der Waals surface area contributed by atoms with Crippen LogP contribution >= 0.6 is 11.3 Å². The van der Waals surface area contributed by atoms with Crippen LogP contribution in [0.1, 0.15) is 21.5 Å². The molecule has 0 unspecified atom stereocenters. The van der Waals surface area contributed by atoms with Gasteiger partial charge in [-0.15, -0.1) is 0 Å². The predicted octanol–water partition coefficient (Wildman–Crippen LogP) is 4.14. The molecule has 0 radical (unpaired) electrons. The first-order valence-corrected chi connectivity index (χ1v) is 10.2. The summed E-state index contributed by atoms with van der Waals surface area (Å²) in [5.41, 5.74) is 3.84. The number of likely N-dealkylation sites (N-methyl/N-ethyl adjacent to an activating group) is 1. The van der Waals surface area contributed by atoms with E-state index in [0.717, 1.165) is 22.3 Å². The van der Waals surface area contributed by atoms with E-state index in [4.69, 9.17) is 14.5 Å². The molecule has 0 spiro atoms. The van der Waals surface area contributed by atoms with Crippen molar-refractivity contribution in [3.8, 4) is 11.5 Å². The lowest BCUT2D eigenvalue weighted by Gasteiger charge is -2.22. The van der Waals surface area contributed by atoms with Crippen molar-refractivity contribution in [2.24, 2.45) is 0 Å². The minimum absolute atomic E-state index is 0.110. The maximum atomic E-state index is 13.4. The van der Waals surface area contributed by atoms with Crippen LogP contribution in [0, 0.1) is 13.8 Å². The summed E-state index contributed by atoms with van der Waals surface area (Å²) in [5.74, 6) is 1.01. The Morgan fingerprint density at radius 1 is 1.03 bits per heavy atom. The maximum absolute atomic E-state index is 13.4. The van der Waals surface area contributed by atoms with Crippen LogP contribution in [0.5, 0.6) is 11.5 Å². The van der Waals surface area contributed by atoms with Gasteiger partial charge in [-0.05, 0) is 63.3 Å². The number of aromatic nitrogens is 1. The van der Waals surface area contributed by atoms with Gasteiger partial charge >= 0.3 is 0 Å². The van der Waals surface area contributed by atoms with E-state index in [1.807, 2.05) is 14.1 Å². The third-order valence-corrected chi connectivity index (χ3v) is 5.99. The second-order valence-electron chi connectivity index (χ2n) is 7.18. The minimum atomic E-state index is -0.110. The van der Waals surface area contributed by atoms with Gasteiger partial charge in [-0.25, -0.2) is 4.98 Å². The molecule has 0 aliphatic heterocycles. The van der Waals surface area contributed by atoms with Crippen LogP contribution < -0.4 is 14.4 Å². The van der Waals surface area contributed by atoms with Gasteiger partial charge in [0, 0.05) is 18.7 Å². The molecule has 0 N–H and O–H groups in total. The zero-order chi connectivity index (χ0) is 21.1. The summed E-state index contributed by atoms with van der Waals surface area (Å²) >= 11 is 1.54. The number of thiazole rings is 1. The van der Waals surface area contributed by atoms with Crippen molar-refractivity contribution in [2.45, 2.75) is 13.8 Å². The van der Waals surface area contributed by atoms with E-state index in [2.05, 4.69) is 30.9 Å². The summed E-state index contributed by atoms with van der Waals surface area (Å²) in [6.45, 7) is 5.42. The van der Waals surface area contributed by atoms with E-state index in [-0.39, 0.29) is 5.91 Å². The molecule has 29 heavy (non-hydrogen) atoms. The molecule has 0 atom stereocenters. The molecule has 0 bridgehead atoms. The molecule has 0 saturated carbocycles. The van der Waals surface area contributed by atoms with Gasteiger partial charge in [0.1, 0.15) is 0 Å². The first-order chi connectivity index (χ1) is 13.8. The molecule has 3 aromatic rings. The molecule has 1 aromatic heterocycles. The van der Waals surface area contributed by atoms with Gasteiger partial charge < -0.3 is 14.4 Å². The van der Waals surface area contributed by atoms with Crippen molar-refractivity contribution < 1.29 is 14.3 Å². The van der Waals surface area contributed by atoms with Crippen LogP contribution in [0.15, 0.2) is 30.3 Å². The number of benzene rings is 2. The molecule has 7 heteroatoms. The lowest BCUT2D eigenvalue weighted by atomic mass is 10.1.